The topological polar surface area (TPSA) is 140 Å². The van der Waals surface area contributed by atoms with Gasteiger partial charge in [-0.15, -0.1) is 10.6 Å². The number of hydrogen-bond donors (Lipinski definition) is 5. The zero-order valence-corrected chi connectivity index (χ0v) is 25.9. The van der Waals surface area contributed by atoms with Gasteiger partial charge in [-0.1, -0.05) is 50.6 Å². The van der Waals surface area contributed by atoms with Crippen LogP contribution in [0.4, 0.5) is 0 Å². The monoisotopic (exact) mass is 606 g/mol. The second-order valence-electron chi connectivity index (χ2n) is 12.0. The Morgan fingerprint density at radius 2 is 2.02 bits per heavy atom. The standard InChI is InChI=1S/C28H43ClN8O3S/c1-28(2,3)26(31-17-21-12-11-19-8-5-6-10-23(19)32-21)27(38)37-15-7-9-22(37)18-30-20(16-24(29)41(4,39)40)13-14-25-33-35-36-34-25/h8,10-12,16,20,22,26,30-31,35-36H,5-7,9,13-15,17-18H2,1-4H3,(H,33,34). The number of sulfone groups is 1. The first kappa shape index (κ1) is 31.4. The lowest BCUT2D eigenvalue weighted by molar-refractivity contribution is -0.137. The third-order valence-corrected chi connectivity index (χ3v) is 9.40. The normalized spacial score (nSPS) is 20.7. The van der Waals surface area contributed by atoms with Crippen LogP contribution in [0, 0.1) is 5.41 Å². The summed E-state index contributed by atoms with van der Waals surface area (Å²) in [4.78, 5) is 20.7. The average Bonchev–Trinajstić information content (AvgIpc) is 3.61. The predicted octanol–water partition coefficient (Wildman–Crippen LogP) is 0.721. The molecule has 41 heavy (non-hydrogen) atoms. The molecule has 3 atom stereocenters. The Kier molecular flexibility index (Phi) is 10.5. The summed E-state index contributed by atoms with van der Waals surface area (Å²) in [5.41, 5.74) is 8.83. The average molecular weight is 607 g/mol. The molecule has 0 radical (unpaired) electrons. The van der Waals surface area contributed by atoms with Crippen molar-refractivity contribution in [2.45, 2.75) is 84.0 Å². The molecule has 13 heteroatoms. The Hall–Kier alpha value is -2.51. The minimum atomic E-state index is -3.52. The number of rotatable bonds is 12. The van der Waals surface area contributed by atoms with Crippen LogP contribution >= 0.6 is 11.6 Å². The van der Waals surface area contributed by atoms with Gasteiger partial charge in [0.25, 0.3) is 0 Å². The van der Waals surface area contributed by atoms with Gasteiger partial charge in [0, 0.05) is 44.4 Å². The van der Waals surface area contributed by atoms with Crippen molar-refractivity contribution in [2.24, 2.45) is 10.5 Å². The van der Waals surface area contributed by atoms with Crippen molar-refractivity contribution in [3.63, 3.8) is 0 Å². The minimum Gasteiger partial charge on any atom is -0.337 e. The number of pyridine rings is 1. The second-order valence-corrected chi connectivity index (χ2v) is 14.6. The Morgan fingerprint density at radius 3 is 2.73 bits per heavy atom. The molecule has 1 saturated heterocycles. The highest BCUT2D eigenvalue weighted by molar-refractivity contribution is 7.96. The zero-order chi connectivity index (χ0) is 29.6. The van der Waals surface area contributed by atoms with Gasteiger partial charge in [-0.3, -0.25) is 20.5 Å². The van der Waals surface area contributed by atoms with Crippen molar-refractivity contribution >= 4 is 45.3 Å². The number of hydrogen-bond acceptors (Lipinski definition) is 10. The van der Waals surface area contributed by atoms with Gasteiger partial charge in [-0.2, -0.15) is 0 Å². The predicted molar refractivity (Wildman–Crippen MR) is 163 cm³/mol. The number of amidine groups is 1. The molecule has 0 bridgehead atoms. The van der Waals surface area contributed by atoms with Crippen LogP contribution in [0.2, 0.25) is 0 Å². The molecule has 1 fully saturated rings. The first-order chi connectivity index (χ1) is 19.4. The molecule has 3 heterocycles. The molecule has 2 aliphatic heterocycles. The van der Waals surface area contributed by atoms with E-state index in [0.29, 0.717) is 38.3 Å². The number of carbonyl (C=O) groups excluding carboxylic acids is 1. The van der Waals surface area contributed by atoms with E-state index in [1.807, 2.05) is 11.0 Å². The maximum absolute atomic E-state index is 14.0. The number of aromatic nitrogens is 1. The fourth-order valence-corrected chi connectivity index (χ4v) is 5.91. The molecule has 3 unspecified atom stereocenters. The van der Waals surface area contributed by atoms with Gasteiger partial charge in [0.15, 0.2) is 9.84 Å². The highest BCUT2D eigenvalue weighted by Crippen LogP contribution is 2.26. The fourth-order valence-electron chi connectivity index (χ4n) is 5.34. The van der Waals surface area contributed by atoms with E-state index in [0.717, 1.165) is 43.0 Å². The highest BCUT2D eigenvalue weighted by atomic mass is 35.5. The number of nitrogens with zero attached hydrogens (tertiary/aromatic N) is 3. The lowest BCUT2D eigenvalue weighted by atomic mass is 9.85. The van der Waals surface area contributed by atoms with Crippen LogP contribution in [-0.4, -0.2) is 67.5 Å². The number of halogens is 1. The number of amides is 1. The van der Waals surface area contributed by atoms with Crippen molar-refractivity contribution in [3.8, 4) is 0 Å². The molecule has 4 rings (SSSR count). The molecule has 0 aromatic carbocycles. The third-order valence-electron chi connectivity index (χ3n) is 7.59. The van der Waals surface area contributed by atoms with E-state index in [-0.39, 0.29) is 27.8 Å². The summed E-state index contributed by atoms with van der Waals surface area (Å²) in [6, 6.07) is 3.41. The Balaban J connectivity index is 1.42. The molecule has 1 amide bonds. The maximum atomic E-state index is 14.0. The van der Waals surface area contributed by atoms with Crippen molar-refractivity contribution < 1.29 is 13.2 Å². The Labute approximate surface area is 247 Å². The first-order valence-electron chi connectivity index (χ1n) is 14.3. The Morgan fingerprint density at radius 1 is 1.24 bits per heavy atom. The fraction of sp³-hybridized carbons (Fsp3) is 0.607. The minimum absolute atomic E-state index is 0.0145. The van der Waals surface area contributed by atoms with Crippen molar-refractivity contribution in [3.05, 3.63) is 38.8 Å². The summed E-state index contributed by atoms with van der Waals surface area (Å²) in [5.74, 6) is 0.782. The van der Waals surface area contributed by atoms with E-state index in [1.165, 1.54) is 11.3 Å². The molecular formula is C28H43ClN8O3S. The molecule has 11 nitrogen and oxygen atoms in total. The van der Waals surface area contributed by atoms with Crippen LogP contribution in [0.3, 0.4) is 0 Å². The molecule has 0 spiro atoms. The number of carbonyl (C=O) groups is 1. The van der Waals surface area contributed by atoms with Crippen LogP contribution < -0.4 is 37.7 Å². The van der Waals surface area contributed by atoms with Gasteiger partial charge in [0.05, 0.1) is 17.1 Å². The maximum Gasteiger partial charge on any atom is 0.240 e. The largest absolute Gasteiger partial charge is 0.337 e. The lowest BCUT2D eigenvalue weighted by Gasteiger charge is -2.36. The van der Waals surface area contributed by atoms with Gasteiger partial charge in [0.2, 0.25) is 5.91 Å². The summed E-state index contributed by atoms with van der Waals surface area (Å²) in [5, 5.41) is 13.2. The molecule has 0 saturated carbocycles. The first-order valence-corrected chi connectivity index (χ1v) is 16.5. The van der Waals surface area contributed by atoms with Crippen LogP contribution in [0.15, 0.2) is 27.7 Å². The van der Waals surface area contributed by atoms with Gasteiger partial charge >= 0.3 is 0 Å². The lowest BCUT2D eigenvalue weighted by Crippen LogP contribution is -2.55. The van der Waals surface area contributed by atoms with E-state index >= 15 is 0 Å². The van der Waals surface area contributed by atoms with Crippen molar-refractivity contribution in [1.29, 1.82) is 0 Å². The smallest absolute Gasteiger partial charge is 0.240 e. The van der Waals surface area contributed by atoms with E-state index in [4.69, 9.17) is 16.6 Å². The number of nitrogens with one attached hydrogen (secondary N) is 5. The quantitative estimate of drug-likeness (QED) is 0.233. The van der Waals surface area contributed by atoms with Crippen molar-refractivity contribution in [1.82, 2.24) is 37.0 Å². The highest BCUT2D eigenvalue weighted by Gasteiger charge is 2.38. The van der Waals surface area contributed by atoms with E-state index in [9.17, 15) is 13.2 Å². The summed E-state index contributed by atoms with van der Waals surface area (Å²) < 4.78 is 23.8. The third kappa shape index (κ3) is 8.74. The van der Waals surface area contributed by atoms with Crippen LogP contribution in [0.5, 0.6) is 0 Å². The van der Waals surface area contributed by atoms with Gasteiger partial charge in [0.1, 0.15) is 10.2 Å². The summed E-state index contributed by atoms with van der Waals surface area (Å²) in [6.07, 6.45) is 12.0. The molecule has 5 N–H and O–H groups in total. The van der Waals surface area contributed by atoms with Crippen LogP contribution in [0.25, 0.3) is 12.2 Å². The summed E-state index contributed by atoms with van der Waals surface area (Å²) in [6.45, 7) is 7.94. The summed E-state index contributed by atoms with van der Waals surface area (Å²) in [7, 11) is -3.52. The molecule has 226 valence electrons. The van der Waals surface area contributed by atoms with E-state index in [2.05, 4.69) is 71.2 Å². The number of hydrazone groups is 1. The van der Waals surface area contributed by atoms with Gasteiger partial charge in [-0.25, -0.2) is 14.0 Å². The SMILES string of the molecule is CC(C)(C)C(NCc1ccc2c(n1)=CCCC=2)C(=O)N1CCCC1CNC(C=C(Cl)S(C)(=O)=O)CCC1=NNNN1. The van der Waals surface area contributed by atoms with E-state index < -0.39 is 15.9 Å². The van der Waals surface area contributed by atoms with Gasteiger partial charge in [-0.05, 0) is 54.9 Å². The molecule has 1 aromatic rings. The number of hydrazine groups is 2. The number of fused-ring (bicyclic) bond motifs is 1. The van der Waals surface area contributed by atoms with Gasteiger partial charge < -0.3 is 10.2 Å². The molecular weight excluding hydrogens is 564 g/mol. The summed E-state index contributed by atoms with van der Waals surface area (Å²) >= 11 is 6.12. The molecule has 1 aromatic heterocycles. The second kappa shape index (κ2) is 13.6. The number of likely N-dealkylation sites (tertiary alicyclic amines) is 1. The zero-order valence-electron chi connectivity index (χ0n) is 24.3. The van der Waals surface area contributed by atoms with Crippen LogP contribution in [-0.2, 0) is 21.2 Å². The van der Waals surface area contributed by atoms with Crippen LogP contribution in [0.1, 0.15) is 65.0 Å². The molecule has 1 aliphatic carbocycles. The van der Waals surface area contributed by atoms with E-state index in [1.54, 1.807) is 0 Å². The molecule has 3 aliphatic rings. The Bertz CT molecular complexity index is 1390. The van der Waals surface area contributed by atoms with Crippen molar-refractivity contribution in [2.75, 3.05) is 19.3 Å².